The molecule has 0 bridgehead atoms. The van der Waals surface area contributed by atoms with E-state index in [-0.39, 0.29) is 16.5 Å². The van der Waals surface area contributed by atoms with Gasteiger partial charge in [0.1, 0.15) is 5.82 Å². The highest BCUT2D eigenvalue weighted by Gasteiger charge is 2.46. The normalized spacial score (nSPS) is 16.5. The molecule has 0 saturated carbocycles. The van der Waals surface area contributed by atoms with Crippen LogP contribution in [0.15, 0.2) is 76.6 Å². The van der Waals surface area contributed by atoms with Crippen LogP contribution in [0.2, 0.25) is 0 Å². The number of ketones is 1. The Hall–Kier alpha value is -3.78. The Morgan fingerprint density at radius 1 is 1.19 bits per heavy atom. The van der Waals surface area contributed by atoms with Crippen LogP contribution < -0.4 is 4.90 Å². The maximum Gasteiger partial charge on any atom is 0.296 e. The number of aryl methyl sites for hydroxylation is 1. The fourth-order valence-electron chi connectivity index (χ4n) is 3.63. The minimum atomic E-state index is -0.906. The number of carbonyl (C=O) groups is 2. The number of fused-ring (bicyclic) bond motifs is 1. The van der Waals surface area contributed by atoms with Crippen LogP contribution in [0.1, 0.15) is 27.7 Å². The number of aromatic nitrogens is 1. The van der Waals surface area contributed by atoms with Crippen molar-refractivity contribution in [3.8, 4) is 0 Å². The highest BCUT2D eigenvalue weighted by atomic mass is 32.1. The predicted octanol–water partition coefficient (Wildman–Crippen LogP) is 5.12. The molecule has 5 rings (SSSR count). The van der Waals surface area contributed by atoms with Crippen molar-refractivity contribution in [2.45, 2.75) is 13.0 Å². The zero-order valence-corrected chi connectivity index (χ0v) is 17.0. The van der Waals surface area contributed by atoms with Crippen molar-refractivity contribution in [3.05, 3.63) is 94.9 Å². The predicted molar refractivity (Wildman–Crippen MR) is 114 cm³/mol. The molecule has 1 atom stereocenters. The summed E-state index contributed by atoms with van der Waals surface area (Å²) in [6.07, 6.45) is 1.35. The number of Topliss-reactive ketones (excluding diaryl/α,β-unsaturated/α-hetero) is 1. The van der Waals surface area contributed by atoms with Crippen LogP contribution >= 0.6 is 11.3 Å². The quantitative estimate of drug-likeness (QED) is 0.451. The summed E-state index contributed by atoms with van der Waals surface area (Å²) < 4.78 is 19.4. The molecular formula is C23H15FN2O4S. The molecular weight excluding hydrogens is 419 g/mol. The van der Waals surface area contributed by atoms with Crippen LogP contribution in [0.4, 0.5) is 9.52 Å². The largest absolute Gasteiger partial charge is 0.503 e. The van der Waals surface area contributed by atoms with Gasteiger partial charge in [0.2, 0.25) is 5.78 Å². The van der Waals surface area contributed by atoms with Crippen molar-refractivity contribution in [2.24, 2.45) is 0 Å². The number of furan rings is 1. The molecule has 4 aromatic rings. The smallest absolute Gasteiger partial charge is 0.296 e. The van der Waals surface area contributed by atoms with Gasteiger partial charge in [0.25, 0.3) is 5.91 Å². The maximum absolute atomic E-state index is 13.7. The van der Waals surface area contributed by atoms with Gasteiger partial charge in [-0.3, -0.25) is 14.5 Å². The van der Waals surface area contributed by atoms with Crippen LogP contribution in [0.25, 0.3) is 10.2 Å². The van der Waals surface area contributed by atoms with E-state index in [0.29, 0.717) is 15.8 Å². The van der Waals surface area contributed by atoms with E-state index in [9.17, 15) is 19.1 Å². The van der Waals surface area contributed by atoms with E-state index in [4.69, 9.17) is 4.42 Å². The van der Waals surface area contributed by atoms with E-state index in [2.05, 4.69) is 4.98 Å². The van der Waals surface area contributed by atoms with E-state index in [1.54, 1.807) is 18.2 Å². The summed E-state index contributed by atoms with van der Waals surface area (Å²) in [7, 11) is 0. The highest BCUT2D eigenvalue weighted by molar-refractivity contribution is 7.22. The van der Waals surface area contributed by atoms with Crippen LogP contribution in [-0.4, -0.2) is 21.8 Å². The van der Waals surface area contributed by atoms with E-state index >= 15 is 0 Å². The van der Waals surface area contributed by atoms with Crippen molar-refractivity contribution >= 4 is 38.4 Å². The minimum absolute atomic E-state index is 0.0136. The lowest BCUT2D eigenvalue weighted by Crippen LogP contribution is -2.30. The zero-order valence-electron chi connectivity index (χ0n) is 16.2. The third-order valence-electron chi connectivity index (χ3n) is 5.14. The number of benzene rings is 2. The van der Waals surface area contributed by atoms with Crippen LogP contribution in [0, 0.1) is 12.7 Å². The standard InChI is InChI=1S/C23H15FN2O4S/c1-12-4-6-13(7-5-12)19-18(20(27)16-3-2-10-30-16)21(28)22(29)26(19)23-25-15-9-8-14(24)11-17(15)31-23/h2-11,19,28H,1H3. The molecule has 2 aromatic carbocycles. The molecule has 0 spiro atoms. The minimum Gasteiger partial charge on any atom is -0.503 e. The molecule has 1 N–H and O–H groups in total. The van der Waals surface area contributed by atoms with Crippen molar-refractivity contribution in [2.75, 3.05) is 4.90 Å². The SMILES string of the molecule is Cc1ccc(C2C(C(=O)c3ccco3)=C(O)C(=O)N2c2nc3ccc(F)cc3s2)cc1. The van der Waals surface area contributed by atoms with Gasteiger partial charge >= 0.3 is 0 Å². The lowest BCUT2D eigenvalue weighted by Gasteiger charge is -2.24. The van der Waals surface area contributed by atoms with Crippen LogP contribution in [-0.2, 0) is 4.79 Å². The molecule has 0 aliphatic carbocycles. The van der Waals surface area contributed by atoms with Gasteiger partial charge in [-0.05, 0) is 42.8 Å². The number of aliphatic hydroxyl groups excluding tert-OH is 1. The summed E-state index contributed by atoms with van der Waals surface area (Å²) in [6, 6.07) is 13.6. The van der Waals surface area contributed by atoms with Gasteiger partial charge in [-0.25, -0.2) is 9.37 Å². The van der Waals surface area contributed by atoms with Gasteiger partial charge in [0.15, 0.2) is 16.7 Å². The Morgan fingerprint density at radius 3 is 2.68 bits per heavy atom. The Bertz CT molecular complexity index is 1360. The first-order valence-corrected chi connectivity index (χ1v) is 10.2. The summed E-state index contributed by atoms with van der Waals surface area (Å²) in [5.41, 5.74) is 2.06. The first-order chi connectivity index (χ1) is 14.9. The fraction of sp³-hybridized carbons (Fsp3) is 0.0870. The molecule has 154 valence electrons. The summed E-state index contributed by atoms with van der Waals surface area (Å²) in [4.78, 5) is 32.0. The molecule has 1 aliphatic rings. The van der Waals surface area contributed by atoms with E-state index in [1.165, 1.54) is 35.4 Å². The summed E-state index contributed by atoms with van der Waals surface area (Å²) >= 11 is 1.11. The number of hydrogen-bond donors (Lipinski definition) is 1. The number of thiazole rings is 1. The highest BCUT2D eigenvalue weighted by Crippen LogP contribution is 2.44. The second-order valence-electron chi connectivity index (χ2n) is 7.17. The second kappa shape index (κ2) is 7.17. The third-order valence-corrected chi connectivity index (χ3v) is 6.15. The number of hydrogen-bond acceptors (Lipinski definition) is 6. The fourth-order valence-corrected chi connectivity index (χ4v) is 4.65. The summed E-state index contributed by atoms with van der Waals surface area (Å²) in [6.45, 7) is 1.92. The van der Waals surface area contributed by atoms with Gasteiger partial charge < -0.3 is 9.52 Å². The van der Waals surface area contributed by atoms with Crippen LogP contribution in [0.3, 0.4) is 0 Å². The Balaban J connectivity index is 1.68. The molecule has 3 heterocycles. The maximum atomic E-state index is 13.7. The average molecular weight is 434 g/mol. The molecule has 8 heteroatoms. The van der Waals surface area contributed by atoms with Gasteiger partial charge in [0, 0.05) is 0 Å². The molecule has 1 unspecified atom stereocenters. The first kappa shape index (κ1) is 19.2. The molecule has 6 nitrogen and oxygen atoms in total. The van der Waals surface area contributed by atoms with E-state index in [0.717, 1.165) is 16.9 Å². The molecule has 1 amide bonds. The zero-order chi connectivity index (χ0) is 21.7. The van der Waals surface area contributed by atoms with Gasteiger partial charge in [-0.1, -0.05) is 41.2 Å². The Kier molecular flexibility index (Phi) is 4.44. The van der Waals surface area contributed by atoms with Crippen molar-refractivity contribution in [1.29, 1.82) is 0 Å². The second-order valence-corrected chi connectivity index (χ2v) is 8.17. The number of rotatable bonds is 4. The van der Waals surface area contributed by atoms with Gasteiger partial charge in [0.05, 0.1) is 28.1 Å². The van der Waals surface area contributed by atoms with Crippen molar-refractivity contribution in [3.63, 3.8) is 0 Å². The molecule has 0 saturated heterocycles. The average Bonchev–Trinajstić information content (AvgIpc) is 3.47. The van der Waals surface area contributed by atoms with Crippen molar-refractivity contribution < 1.29 is 23.5 Å². The number of nitrogens with zero attached hydrogens (tertiary/aromatic N) is 2. The molecule has 2 aromatic heterocycles. The van der Waals surface area contributed by atoms with Crippen molar-refractivity contribution in [1.82, 2.24) is 4.98 Å². The first-order valence-electron chi connectivity index (χ1n) is 9.41. The number of amides is 1. The number of carbonyl (C=O) groups excluding carboxylic acids is 2. The molecule has 31 heavy (non-hydrogen) atoms. The van der Waals surface area contributed by atoms with Crippen LogP contribution in [0.5, 0.6) is 0 Å². The number of anilines is 1. The lowest BCUT2D eigenvalue weighted by atomic mass is 9.94. The molecule has 0 fully saturated rings. The van der Waals surface area contributed by atoms with Gasteiger partial charge in [-0.2, -0.15) is 0 Å². The molecule has 1 aliphatic heterocycles. The molecule has 0 radical (unpaired) electrons. The van der Waals surface area contributed by atoms with E-state index in [1.807, 2.05) is 19.1 Å². The monoisotopic (exact) mass is 434 g/mol. The Morgan fingerprint density at radius 2 is 1.97 bits per heavy atom. The lowest BCUT2D eigenvalue weighted by molar-refractivity contribution is -0.117. The number of halogens is 1. The Labute approximate surface area is 179 Å². The van der Waals surface area contributed by atoms with E-state index < -0.39 is 29.3 Å². The topological polar surface area (TPSA) is 83.6 Å². The van der Waals surface area contributed by atoms with Gasteiger partial charge in [-0.15, -0.1) is 0 Å². The third kappa shape index (κ3) is 3.12. The number of aliphatic hydroxyl groups is 1. The summed E-state index contributed by atoms with van der Waals surface area (Å²) in [5.74, 6) is -2.40. The summed E-state index contributed by atoms with van der Waals surface area (Å²) in [5, 5.41) is 11.0.